The van der Waals surface area contributed by atoms with E-state index in [1.807, 2.05) is 28.2 Å². The van der Waals surface area contributed by atoms with Gasteiger partial charge in [0, 0.05) is 6.54 Å². The lowest BCUT2D eigenvalue weighted by Crippen LogP contribution is -2.57. The summed E-state index contributed by atoms with van der Waals surface area (Å²) in [7, 11) is 8.14. The molecule has 0 rings (SSSR count). The fourth-order valence-corrected chi connectivity index (χ4v) is 0.765. The molecule has 0 aliphatic carbocycles. The molecule has 0 amide bonds. The van der Waals surface area contributed by atoms with E-state index in [4.69, 9.17) is 5.73 Å². The quantitative estimate of drug-likeness (QED) is 0.557. The van der Waals surface area contributed by atoms with Crippen LogP contribution in [0, 0.1) is 0 Å². The molecule has 62 valence electrons. The second kappa shape index (κ2) is 3.32. The molecule has 0 radical (unpaired) electrons. The summed E-state index contributed by atoms with van der Waals surface area (Å²) in [6.45, 7) is 2.76. The third kappa shape index (κ3) is 1.68. The highest BCUT2D eigenvalue weighted by atomic mass is 15.4. The summed E-state index contributed by atoms with van der Waals surface area (Å²) in [5, 5.41) is 0. The Morgan fingerprint density at radius 2 is 1.40 bits per heavy atom. The van der Waals surface area contributed by atoms with E-state index in [0.717, 1.165) is 0 Å². The molecule has 3 nitrogen and oxygen atoms in total. The Bertz CT molecular complexity index is 91.0. The first kappa shape index (κ1) is 9.88. The molecule has 0 saturated heterocycles. The van der Waals surface area contributed by atoms with Gasteiger partial charge in [0.25, 0.3) is 0 Å². The van der Waals surface area contributed by atoms with Gasteiger partial charge in [0.15, 0.2) is 0 Å². The zero-order valence-corrected chi connectivity index (χ0v) is 7.68. The lowest BCUT2D eigenvalue weighted by molar-refractivity contribution is 0.0301. The van der Waals surface area contributed by atoms with Crippen LogP contribution in [0.25, 0.3) is 0 Å². The summed E-state index contributed by atoms with van der Waals surface area (Å²) in [6.07, 6.45) is 0. The average Bonchev–Trinajstić information content (AvgIpc) is 1.85. The molecule has 3 heteroatoms. The summed E-state index contributed by atoms with van der Waals surface area (Å²) < 4.78 is 0. The Kier molecular flexibility index (Phi) is 3.28. The molecule has 2 N–H and O–H groups in total. The third-order valence-electron chi connectivity index (χ3n) is 2.31. The molecule has 10 heavy (non-hydrogen) atoms. The van der Waals surface area contributed by atoms with Gasteiger partial charge in [-0.3, -0.25) is 9.80 Å². The van der Waals surface area contributed by atoms with Crippen LogP contribution >= 0.6 is 0 Å². The van der Waals surface area contributed by atoms with Gasteiger partial charge in [0.05, 0.1) is 5.66 Å². The van der Waals surface area contributed by atoms with Crippen LogP contribution in [0.2, 0.25) is 0 Å². The molecule has 0 atom stereocenters. The van der Waals surface area contributed by atoms with Gasteiger partial charge in [0.1, 0.15) is 0 Å². The van der Waals surface area contributed by atoms with Crippen LogP contribution in [-0.4, -0.2) is 50.2 Å². The molecule has 0 spiro atoms. The Morgan fingerprint density at radius 3 is 1.40 bits per heavy atom. The molecular formula is C7H19N3. The number of likely N-dealkylation sites (N-methyl/N-ethyl adjacent to an activating group) is 2. The van der Waals surface area contributed by atoms with Crippen molar-refractivity contribution < 1.29 is 0 Å². The van der Waals surface area contributed by atoms with Gasteiger partial charge in [-0.1, -0.05) is 0 Å². The lowest BCUT2D eigenvalue weighted by atomic mass is 10.1. The van der Waals surface area contributed by atoms with Crippen LogP contribution in [0.1, 0.15) is 6.92 Å². The van der Waals surface area contributed by atoms with Gasteiger partial charge in [-0.05, 0) is 35.1 Å². The van der Waals surface area contributed by atoms with Crippen molar-refractivity contribution in [2.24, 2.45) is 5.73 Å². The highest BCUT2D eigenvalue weighted by Gasteiger charge is 2.26. The van der Waals surface area contributed by atoms with Crippen molar-refractivity contribution >= 4 is 0 Å². The van der Waals surface area contributed by atoms with E-state index in [2.05, 4.69) is 16.7 Å². The average molecular weight is 145 g/mol. The van der Waals surface area contributed by atoms with Gasteiger partial charge in [-0.2, -0.15) is 0 Å². The molecule has 0 aliphatic rings. The normalized spacial score (nSPS) is 13.2. The maximum absolute atomic E-state index is 5.63. The van der Waals surface area contributed by atoms with Crippen molar-refractivity contribution in [3.8, 4) is 0 Å². The Hall–Kier alpha value is -0.120. The smallest absolute Gasteiger partial charge is 0.0824 e. The molecule has 0 aliphatic heterocycles. The lowest BCUT2D eigenvalue weighted by Gasteiger charge is -2.41. The summed E-state index contributed by atoms with van der Waals surface area (Å²) in [6, 6.07) is 0. The predicted octanol–water partition coefficient (Wildman–Crippen LogP) is -0.215. The zero-order chi connectivity index (χ0) is 8.36. The highest BCUT2D eigenvalue weighted by molar-refractivity contribution is 4.80. The first-order valence-electron chi connectivity index (χ1n) is 3.50. The molecule has 0 fully saturated rings. The summed E-state index contributed by atoms with van der Waals surface area (Å²) in [4.78, 5) is 4.24. The first-order chi connectivity index (χ1) is 4.45. The van der Waals surface area contributed by atoms with Crippen molar-refractivity contribution in [1.29, 1.82) is 0 Å². The Morgan fingerprint density at radius 1 is 1.10 bits per heavy atom. The standard InChI is InChI=1S/C7H19N3/c1-7(6-8,9(2)3)10(4)5/h6,8H2,1-5H3. The molecule has 0 aromatic rings. The summed E-state index contributed by atoms with van der Waals surface area (Å²) in [5.74, 6) is 0. The second-order valence-corrected chi connectivity index (χ2v) is 3.21. The summed E-state index contributed by atoms with van der Waals surface area (Å²) >= 11 is 0. The number of hydrogen-bond donors (Lipinski definition) is 1. The molecule has 0 bridgehead atoms. The van der Waals surface area contributed by atoms with Gasteiger partial charge in [-0.15, -0.1) is 0 Å². The van der Waals surface area contributed by atoms with Gasteiger partial charge < -0.3 is 5.73 Å². The topological polar surface area (TPSA) is 32.5 Å². The molecule has 0 heterocycles. The Labute approximate surface area is 63.8 Å². The first-order valence-corrected chi connectivity index (χ1v) is 3.50. The number of hydrogen-bond acceptors (Lipinski definition) is 3. The minimum atomic E-state index is -0.0139. The molecule has 0 aromatic carbocycles. The monoisotopic (exact) mass is 145 g/mol. The maximum atomic E-state index is 5.63. The number of nitrogens with two attached hydrogens (primary N) is 1. The van der Waals surface area contributed by atoms with Crippen molar-refractivity contribution in [2.45, 2.75) is 12.6 Å². The molecule has 0 unspecified atom stereocenters. The fourth-order valence-electron chi connectivity index (χ4n) is 0.765. The second-order valence-electron chi connectivity index (χ2n) is 3.21. The Balaban J connectivity index is 4.23. The fraction of sp³-hybridized carbons (Fsp3) is 1.00. The molecular weight excluding hydrogens is 126 g/mol. The van der Waals surface area contributed by atoms with E-state index in [1.165, 1.54) is 0 Å². The van der Waals surface area contributed by atoms with Crippen molar-refractivity contribution in [2.75, 3.05) is 34.7 Å². The van der Waals surface area contributed by atoms with Crippen molar-refractivity contribution in [3.63, 3.8) is 0 Å². The molecule has 0 saturated carbocycles. The highest BCUT2D eigenvalue weighted by Crippen LogP contribution is 2.10. The van der Waals surface area contributed by atoms with Crippen molar-refractivity contribution in [1.82, 2.24) is 9.80 Å². The van der Waals surface area contributed by atoms with E-state index in [0.29, 0.717) is 6.54 Å². The number of nitrogens with zero attached hydrogens (tertiary/aromatic N) is 2. The van der Waals surface area contributed by atoms with E-state index in [1.54, 1.807) is 0 Å². The van der Waals surface area contributed by atoms with E-state index in [9.17, 15) is 0 Å². The maximum Gasteiger partial charge on any atom is 0.0824 e. The van der Waals surface area contributed by atoms with E-state index in [-0.39, 0.29) is 5.66 Å². The van der Waals surface area contributed by atoms with E-state index >= 15 is 0 Å². The van der Waals surface area contributed by atoms with Gasteiger partial charge in [-0.25, -0.2) is 0 Å². The number of rotatable bonds is 3. The van der Waals surface area contributed by atoms with Crippen LogP contribution < -0.4 is 5.73 Å². The minimum absolute atomic E-state index is 0.0139. The van der Waals surface area contributed by atoms with Crippen LogP contribution in [0.4, 0.5) is 0 Å². The third-order valence-corrected chi connectivity index (χ3v) is 2.31. The van der Waals surface area contributed by atoms with Crippen molar-refractivity contribution in [3.05, 3.63) is 0 Å². The van der Waals surface area contributed by atoms with Gasteiger partial charge >= 0.3 is 0 Å². The molecule has 0 aromatic heterocycles. The van der Waals surface area contributed by atoms with Crippen LogP contribution in [0.5, 0.6) is 0 Å². The van der Waals surface area contributed by atoms with Crippen LogP contribution in [0.3, 0.4) is 0 Å². The SMILES string of the molecule is CN(C)C(C)(CN)N(C)C. The van der Waals surface area contributed by atoms with Crippen LogP contribution in [0.15, 0.2) is 0 Å². The van der Waals surface area contributed by atoms with E-state index < -0.39 is 0 Å². The van der Waals surface area contributed by atoms with Gasteiger partial charge in [0.2, 0.25) is 0 Å². The summed E-state index contributed by atoms with van der Waals surface area (Å²) in [5.41, 5.74) is 5.61. The zero-order valence-electron chi connectivity index (χ0n) is 7.68. The predicted molar refractivity (Wildman–Crippen MR) is 44.8 cm³/mol. The minimum Gasteiger partial charge on any atom is -0.328 e. The largest absolute Gasteiger partial charge is 0.328 e. The van der Waals surface area contributed by atoms with Crippen LogP contribution in [-0.2, 0) is 0 Å².